The van der Waals surface area contributed by atoms with E-state index in [1.165, 1.54) is 86.6 Å². The molecule has 0 fully saturated rings. The number of fused-ring (bicyclic) bond motifs is 9. The average molecular weight is 590 g/mol. The van der Waals surface area contributed by atoms with Crippen LogP contribution in [0.1, 0.15) is 22.6 Å². The molecule has 1 aliphatic carbocycles. The largest absolute Gasteiger partial charge is 0.309 e. The van der Waals surface area contributed by atoms with Crippen molar-refractivity contribution in [3.05, 3.63) is 174 Å². The SMILES string of the molecule is c1ccc(-n2c3ccccc3c3ccc(-c4ccc5c(c4)-c4ccccc4C5c4cccc5c4sc4ccccc45)cc32)cc1. The van der Waals surface area contributed by atoms with Crippen molar-refractivity contribution >= 4 is 53.3 Å². The Hall–Kier alpha value is -5.44. The van der Waals surface area contributed by atoms with E-state index in [-0.39, 0.29) is 5.92 Å². The highest BCUT2D eigenvalue weighted by molar-refractivity contribution is 7.26. The van der Waals surface area contributed by atoms with Gasteiger partial charge in [-0.3, -0.25) is 0 Å². The fourth-order valence-electron chi connectivity index (χ4n) is 7.72. The van der Waals surface area contributed by atoms with Crippen LogP contribution in [0.4, 0.5) is 0 Å². The van der Waals surface area contributed by atoms with Crippen LogP contribution in [0.25, 0.3) is 69.9 Å². The summed E-state index contributed by atoms with van der Waals surface area (Å²) in [6.45, 7) is 0. The first kappa shape index (κ1) is 24.9. The third kappa shape index (κ3) is 3.61. The van der Waals surface area contributed by atoms with Crippen molar-refractivity contribution in [1.29, 1.82) is 0 Å². The Kier molecular flexibility index (Phi) is 5.28. The van der Waals surface area contributed by atoms with E-state index in [2.05, 4.69) is 162 Å². The van der Waals surface area contributed by atoms with Gasteiger partial charge in [0.15, 0.2) is 0 Å². The number of thiophene rings is 1. The Morgan fingerprint density at radius 1 is 0.422 bits per heavy atom. The molecule has 0 aliphatic heterocycles. The number of rotatable bonds is 3. The Morgan fingerprint density at radius 3 is 2.02 bits per heavy atom. The summed E-state index contributed by atoms with van der Waals surface area (Å²) in [6, 6.07) is 58.3. The van der Waals surface area contributed by atoms with Gasteiger partial charge in [-0.15, -0.1) is 11.3 Å². The fraction of sp³-hybridized carbons (Fsp3) is 0.0233. The predicted octanol–water partition coefficient (Wildman–Crippen LogP) is 12.0. The topological polar surface area (TPSA) is 4.93 Å². The minimum Gasteiger partial charge on any atom is -0.309 e. The molecular formula is C43H27NS. The Labute approximate surface area is 265 Å². The molecule has 1 unspecified atom stereocenters. The first-order valence-electron chi connectivity index (χ1n) is 15.6. The molecule has 7 aromatic carbocycles. The molecule has 210 valence electrons. The Bertz CT molecular complexity index is 2600. The monoisotopic (exact) mass is 589 g/mol. The highest BCUT2D eigenvalue weighted by atomic mass is 32.1. The fourth-order valence-corrected chi connectivity index (χ4v) is 8.97. The smallest absolute Gasteiger partial charge is 0.0547 e. The molecule has 0 saturated heterocycles. The molecule has 1 nitrogen and oxygen atoms in total. The lowest BCUT2D eigenvalue weighted by Crippen LogP contribution is -1.99. The van der Waals surface area contributed by atoms with Crippen LogP contribution in [0, 0.1) is 0 Å². The van der Waals surface area contributed by atoms with Gasteiger partial charge in [0.2, 0.25) is 0 Å². The van der Waals surface area contributed by atoms with Gasteiger partial charge in [-0.25, -0.2) is 0 Å². The molecule has 0 saturated carbocycles. The summed E-state index contributed by atoms with van der Waals surface area (Å²) in [5.74, 6) is 0.213. The Balaban J connectivity index is 1.17. The van der Waals surface area contributed by atoms with Crippen LogP contribution < -0.4 is 0 Å². The molecule has 1 aliphatic rings. The van der Waals surface area contributed by atoms with Gasteiger partial charge in [-0.05, 0) is 75.3 Å². The summed E-state index contributed by atoms with van der Waals surface area (Å²) in [6.07, 6.45) is 0. The van der Waals surface area contributed by atoms with Crippen LogP contribution in [-0.4, -0.2) is 4.57 Å². The molecular weight excluding hydrogens is 563 g/mol. The third-order valence-electron chi connectivity index (χ3n) is 9.69. The molecule has 0 N–H and O–H groups in total. The summed E-state index contributed by atoms with van der Waals surface area (Å²) in [5, 5.41) is 5.27. The summed E-state index contributed by atoms with van der Waals surface area (Å²) in [5.41, 5.74) is 13.0. The quantitative estimate of drug-likeness (QED) is 0.193. The molecule has 0 bridgehead atoms. The predicted molar refractivity (Wildman–Crippen MR) is 192 cm³/mol. The lowest BCUT2D eigenvalue weighted by Gasteiger charge is -2.16. The summed E-state index contributed by atoms with van der Waals surface area (Å²) < 4.78 is 5.15. The van der Waals surface area contributed by atoms with Crippen molar-refractivity contribution in [2.75, 3.05) is 0 Å². The third-order valence-corrected chi connectivity index (χ3v) is 10.9. The number of aromatic nitrogens is 1. The van der Waals surface area contributed by atoms with E-state index in [9.17, 15) is 0 Å². The summed E-state index contributed by atoms with van der Waals surface area (Å²) in [7, 11) is 0. The summed E-state index contributed by atoms with van der Waals surface area (Å²) >= 11 is 1.92. The van der Waals surface area contributed by atoms with Gasteiger partial charge >= 0.3 is 0 Å². The zero-order valence-corrected chi connectivity index (χ0v) is 25.3. The molecule has 2 heterocycles. The number of hydrogen-bond acceptors (Lipinski definition) is 1. The number of nitrogens with zero attached hydrogens (tertiary/aromatic N) is 1. The first-order valence-corrected chi connectivity index (χ1v) is 16.4. The van der Waals surface area contributed by atoms with Crippen molar-refractivity contribution in [2.24, 2.45) is 0 Å². The van der Waals surface area contributed by atoms with E-state index >= 15 is 0 Å². The average Bonchev–Trinajstić information content (AvgIpc) is 3.76. The van der Waals surface area contributed by atoms with Crippen LogP contribution in [0.5, 0.6) is 0 Å². The normalized spacial score (nSPS) is 14.0. The van der Waals surface area contributed by atoms with Crippen LogP contribution in [0.3, 0.4) is 0 Å². The molecule has 9 aromatic rings. The first-order chi connectivity index (χ1) is 22.3. The maximum atomic E-state index is 2.43. The van der Waals surface area contributed by atoms with E-state index in [1.54, 1.807) is 0 Å². The molecule has 2 aromatic heterocycles. The van der Waals surface area contributed by atoms with Crippen LogP contribution in [-0.2, 0) is 0 Å². The lowest BCUT2D eigenvalue weighted by molar-refractivity contribution is 1.03. The molecule has 0 radical (unpaired) electrons. The van der Waals surface area contributed by atoms with Gasteiger partial charge < -0.3 is 4.57 Å². The maximum Gasteiger partial charge on any atom is 0.0547 e. The van der Waals surface area contributed by atoms with E-state index in [4.69, 9.17) is 0 Å². The van der Waals surface area contributed by atoms with Gasteiger partial charge in [0.05, 0.1) is 11.0 Å². The van der Waals surface area contributed by atoms with E-state index < -0.39 is 0 Å². The highest BCUT2D eigenvalue weighted by Crippen LogP contribution is 2.52. The van der Waals surface area contributed by atoms with Crippen molar-refractivity contribution in [3.63, 3.8) is 0 Å². The zero-order chi connectivity index (χ0) is 29.5. The number of hydrogen-bond donors (Lipinski definition) is 0. The number of para-hydroxylation sites is 2. The highest BCUT2D eigenvalue weighted by Gasteiger charge is 2.31. The summed E-state index contributed by atoms with van der Waals surface area (Å²) in [4.78, 5) is 0. The number of benzene rings is 7. The molecule has 45 heavy (non-hydrogen) atoms. The van der Waals surface area contributed by atoms with E-state index in [1.807, 2.05) is 11.3 Å². The maximum absolute atomic E-state index is 2.43. The van der Waals surface area contributed by atoms with Crippen molar-refractivity contribution < 1.29 is 0 Å². The Morgan fingerprint density at radius 2 is 1.09 bits per heavy atom. The van der Waals surface area contributed by atoms with Crippen LogP contribution >= 0.6 is 11.3 Å². The minimum atomic E-state index is 0.213. The molecule has 0 amide bonds. The molecule has 2 heteroatoms. The van der Waals surface area contributed by atoms with Crippen LogP contribution in [0.2, 0.25) is 0 Å². The van der Waals surface area contributed by atoms with E-state index in [0.29, 0.717) is 0 Å². The van der Waals surface area contributed by atoms with Gasteiger partial charge in [0.25, 0.3) is 0 Å². The molecule has 0 spiro atoms. The van der Waals surface area contributed by atoms with Crippen molar-refractivity contribution in [1.82, 2.24) is 4.57 Å². The lowest BCUT2D eigenvalue weighted by atomic mass is 9.88. The van der Waals surface area contributed by atoms with Gasteiger partial charge in [-0.1, -0.05) is 121 Å². The van der Waals surface area contributed by atoms with Crippen molar-refractivity contribution in [2.45, 2.75) is 5.92 Å². The molecule has 1 atom stereocenters. The van der Waals surface area contributed by atoms with Gasteiger partial charge in [-0.2, -0.15) is 0 Å². The second kappa shape index (κ2) is 9.53. The molecule has 10 rings (SSSR count). The minimum absolute atomic E-state index is 0.213. The second-order valence-electron chi connectivity index (χ2n) is 12.1. The van der Waals surface area contributed by atoms with Gasteiger partial charge in [0.1, 0.15) is 0 Å². The van der Waals surface area contributed by atoms with Gasteiger partial charge in [0, 0.05) is 42.6 Å². The zero-order valence-electron chi connectivity index (χ0n) is 24.4. The second-order valence-corrected chi connectivity index (χ2v) is 13.1. The van der Waals surface area contributed by atoms with E-state index in [0.717, 1.165) is 0 Å². The van der Waals surface area contributed by atoms with Crippen molar-refractivity contribution in [3.8, 4) is 27.9 Å². The standard InChI is InChI=1S/C43H27NS/c1-2-11-29(12-3-1)44-39-19-8-6-14-31(39)32-23-21-28(26-40(32)44)27-22-24-35-38(25-27)30-13-4-5-16-34(30)42(35)37-18-10-17-36-33-15-7-9-20-41(33)45-43(36)37/h1-26,42H. The van der Waals surface area contributed by atoms with Crippen LogP contribution in [0.15, 0.2) is 158 Å².